The molecule has 0 bridgehead atoms. The molecule has 1 unspecified atom stereocenters. The molecule has 1 aromatic rings. The van der Waals surface area contributed by atoms with Crippen LogP contribution in [0.15, 0.2) is 12.4 Å². The summed E-state index contributed by atoms with van der Waals surface area (Å²) in [7, 11) is 0. The van der Waals surface area contributed by atoms with Crippen molar-refractivity contribution in [3.63, 3.8) is 0 Å². The van der Waals surface area contributed by atoms with E-state index >= 15 is 0 Å². The highest BCUT2D eigenvalue weighted by atomic mass is 15.3. The predicted molar refractivity (Wildman–Crippen MR) is 81.9 cm³/mol. The third-order valence-electron chi connectivity index (χ3n) is 5.00. The minimum Gasteiger partial charge on any atom is -0.333 e. The van der Waals surface area contributed by atoms with Crippen LogP contribution in [0, 0.1) is 0 Å². The molecule has 4 nitrogen and oxygen atoms in total. The summed E-state index contributed by atoms with van der Waals surface area (Å²) in [5.74, 6) is 1.21. The van der Waals surface area contributed by atoms with Crippen molar-refractivity contribution in [3.05, 3.63) is 18.2 Å². The van der Waals surface area contributed by atoms with E-state index in [4.69, 9.17) is 0 Å². The van der Waals surface area contributed by atoms with Gasteiger partial charge < -0.3 is 4.57 Å². The summed E-state index contributed by atoms with van der Waals surface area (Å²) >= 11 is 0. The summed E-state index contributed by atoms with van der Waals surface area (Å²) in [6.07, 6.45) is 9.32. The SMILES string of the molecule is CCc1nccn1CC(C)N1CC(N2CCCCC2)C1. The fourth-order valence-corrected chi connectivity index (χ4v) is 3.58. The van der Waals surface area contributed by atoms with Crippen molar-refractivity contribution in [1.29, 1.82) is 0 Å². The van der Waals surface area contributed by atoms with E-state index in [1.54, 1.807) is 0 Å². The van der Waals surface area contributed by atoms with Gasteiger partial charge in [-0.15, -0.1) is 0 Å². The Morgan fingerprint density at radius 2 is 2.00 bits per heavy atom. The van der Waals surface area contributed by atoms with Crippen LogP contribution in [0.5, 0.6) is 0 Å². The average molecular weight is 276 g/mol. The maximum atomic E-state index is 4.42. The molecule has 3 heterocycles. The van der Waals surface area contributed by atoms with Crippen LogP contribution in [0.25, 0.3) is 0 Å². The van der Waals surface area contributed by atoms with Crippen LogP contribution in [0.1, 0.15) is 38.9 Å². The van der Waals surface area contributed by atoms with Gasteiger partial charge in [0.15, 0.2) is 0 Å². The van der Waals surface area contributed by atoms with Gasteiger partial charge in [0.2, 0.25) is 0 Å². The molecule has 1 atom stereocenters. The van der Waals surface area contributed by atoms with Gasteiger partial charge in [-0.2, -0.15) is 0 Å². The van der Waals surface area contributed by atoms with E-state index in [9.17, 15) is 0 Å². The lowest BCUT2D eigenvalue weighted by Crippen LogP contribution is -2.62. The molecule has 2 aliphatic heterocycles. The first kappa shape index (κ1) is 14.1. The van der Waals surface area contributed by atoms with Crippen LogP contribution in [0.2, 0.25) is 0 Å². The fraction of sp³-hybridized carbons (Fsp3) is 0.812. The molecule has 112 valence electrons. The second-order valence-electron chi connectivity index (χ2n) is 6.40. The summed E-state index contributed by atoms with van der Waals surface area (Å²) in [5.41, 5.74) is 0. The molecular weight excluding hydrogens is 248 g/mol. The van der Waals surface area contributed by atoms with E-state index in [0.29, 0.717) is 6.04 Å². The van der Waals surface area contributed by atoms with Crippen LogP contribution in [-0.2, 0) is 13.0 Å². The van der Waals surface area contributed by atoms with Gasteiger partial charge in [0, 0.05) is 50.5 Å². The van der Waals surface area contributed by atoms with Crippen molar-refractivity contribution < 1.29 is 0 Å². The van der Waals surface area contributed by atoms with Gasteiger partial charge in [-0.1, -0.05) is 13.3 Å². The zero-order valence-corrected chi connectivity index (χ0v) is 13.0. The quantitative estimate of drug-likeness (QED) is 0.822. The molecule has 0 aliphatic carbocycles. The van der Waals surface area contributed by atoms with Gasteiger partial charge in [0.1, 0.15) is 5.82 Å². The van der Waals surface area contributed by atoms with Crippen LogP contribution in [0.4, 0.5) is 0 Å². The second kappa shape index (κ2) is 6.27. The molecule has 0 N–H and O–H groups in total. The van der Waals surface area contributed by atoms with Crippen molar-refractivity contribution in [2.75, 3.05) is 26.2 Å². The van der Waals surface area contributed by atoms with Gasteiger partial charge >= 0.3 is 0 Å². The highest BCUT2D eigenvalue weighted by Crippen LogP contribution is 2.22. The Hall–Kier alpha value is -0.870. The zero-order chi connectivity index (χ0) is 13.9. The monoisotopic (exact) mass is 276 g/mol. The number of nitrogens with zero attached hydrogens (tertiary/aromatic N) is 4. The molecule has 0 saturated carbocycles. The van der Waals surface area contributed by atoms with E-state index in [1.165, 1.54) is 51.3 Å². The summed E-state index contributed by atoms with van der Waals surface area (Å²) < 4.78 is 2.32. The summed E-state index contributed by atoms with van der Waals surface area (Å²) in [6, 6.07) is 1.45. The Morgan fingerprint density at radius 3 is 2.70 bits per heavy atom. The molecule has 2 fully saturated rings. The lowest BCUT2D eigenvalue weighted by Gasteiger charge is -2.49. The van der Waals surface area contributed by atoms with Crippen molar-refractivity contribution in [1.82, 2.24) is 19.4 Å². The topological polar surface area (TPSA) is 24.3 Å². The van der Waals surface area contributed by atoms with Crippen molar-refractivity contribution in [3.8, 4) is 0 Å². The largest absolute Gasteiger partial charge is 0.333 e. The standard InChI is InChI=1S/C16H28N4/c1-3-16-17-7-10-19(16)11-14(2)20-12-15(13-20)18-8-5-4-6-9-18/h7,10,14-15H,3-6,8-9,11-13H2,1-2H3. The maximum absolute atomic E-state index is 4.42. The third-order valence-corrected chi connectivity index (χ3v) is 5.00. The van der Waals surface area contributed by atoms with E-state index in [0.717, 1.165) is 19.0 Å². The first-order valence-corrected chi connectivity index (χ1v) is 8.26. The smallest absolute Gasteiger partial charge is 0.108 e. The number of imidazole rings is 1. The number of hydrogen-bond donors (Lipinski definition) is 0. The highest BCUT2D eigenvalue weighted by molar-refractivity contribution is 4.95. The molecule has 1 aromatic heterocycles. The number of likely N-dealkylation sites (tertiary alicyclic amines) is 2. The zero-order valence-electron chi connectivity index (χ0n) is 13.0. The highest BCUT2D eigenvalue weighted by Gasteiger charge is 2.34. The lowest BCUT2D eigenvalue weighted by molar-refractivity contribution is -0.00310. The van der Waals surface area contributed by atoms with Crippen molar-refractivity contribution >= 4 is 0 Å². The first-order chi connectivity index (χ1) is 9.78. The fourth-order valence-electron chi connectivity index (χ4n) is 3.58. The molecule has 0 radical (unpaired) electrons. The van der Waals surface area contributed by atoms with Crippen molar-refractivity contribution in [2.45, 2.75) is 58.2 Å². The average Bonchev–Trinajstić information content (AvgIpc) is 2.85. The third kappa shape index (κ3) is 2.91. The first-order valence-electron chi connectivity index (χ1n) is 8.26. The Labute approximate surface area is 122 Å². The van der Waals surface area contributed by atoms with Crippen LogP contribution < -0.4 is 0 Å². The van der Waals surface area contributed by atoms with Gasteiger partial charge in [0.05, 0.1) is 0 Å². The summed E-state index contributed by atoms with van der Waals surface area (Å²) in [5, 5.41) is 0. The number of aromatic nitrogens is 2. The molecule has 0 amide bonds. The summed E-state index contributed by atoms with van der Waals surface area (Å²) in [6.45, 7) is 10.8. The van der Waals surface area contributed by atoms with E-state index in [-0.39, 0.29) is 0 Å². The van der Waals surface area contributed by atoms with Gasteiger partial charge in [-0.05, 0) is 32.9 Å². The number of rotatable bonds is 5. The lowest BCUT2D eigenvalue weighted by atomic mass is 10.0. The molecule has 20 heavy (non-hydrogen) atoms. The molecule has 2 aliphatic rings. The molecule has 2 saturated heterocycles. The Balaban J connectivity index is 1.47. The van der Waals surface area contributed by atoms with Crippen LogP contribution in [0.3, 0.4) is 0 Å². The van der Waals surface area contributed by atoms with Crippen LogP contribution in [-0.4, -0.2) is 57.6 Å². The normalized spacial score (nSPS) is 23.7. The minimum absolute atomic E-state index is 0.621. The predicted octanol–water partition coefficient (Wildman–Crippen LogP) is 2.00. The number of piperidine rings is 1. The van der Waals surface area contributed by atoms with E-state index < -0.39 is 0 Å². The van der Waals surface area contributed by atoms with E-state index in [2.05, 4.69) is 39.4 Å². The maximum Gasteiger partial charge on any atom is 0.108 e. The second-order valence-corrected chi connectivity index (χ2v) is 6.40. The molecule has 0 spiro atoms. The number of hydrogen-bond acceptors (Lipinski definition) is 3. The Kier molecular flexibility index (Phi) is 4.41. The molecule has 4 heteroatoms. The summed E-state index contributed by atoms with van der Waals surface area (Å²) in [4.78, 5) is 9.75. The van der Waals surface area contributed by atoms with Gasteiger partial charge in [0.25, 0.3) is 0 Å². The van der Waals surface area contributed by atoms with Crippen LogP contribution >= 0.6 is 0 Å². The minimum atomic E-state index is 0.621. The molecule has 0 aromatic carbocycles. The van der Waals surface area contributed by atoms with E-state index in [1.807, 2.05) is 6.20 Å². The van der Waals surface area contributed by atoms with Gasteiger partial charge in [-0.3, -0.25) is 9.80 Å². The van der Waals surface area contributed by atoms with Gasteiger partial charge in [-0.25, -0.2) is 4.98 Å². The number of aryl methyl sites for hydroxylation is 1. The van der Waals surface area contributed by atoms with Crippen molar-refractivity contribution in [2.24, 2.45) is 0 Å². The molecule has 3 rings (SSSR count). The molecular formula is C16H28N4. The Morgan fingerprint density at radius 1 is 1.25 bits per heavy atom. The Bertz CT molecular complexity index is 416.